The van der Waals surface area contributed by atoms with Crippen molar-refractivity contribution >= 4 is 17.7 Å². The summed E-state index contributed by atoms with van der Waals surface area (Å²) in [5, 5.41) is 0. The minimum atomic E-state index is -4.62. The Morgan fingerprint density at radius 1 is 1.33 bits per heavy atom. The van der Waals surface area contributed by atoms with Crippen molar-refractivity contribution in [2.24, 2.45) is 5.84 Å². The number of halogens is 3. The fraction of sp³-hybridized carbons (Fsp3) is 0.545. The van der Waals surface area contributed by atoms with Crippen LogP contribution in [0.5, 0.6) is 0 Å². The van der Waals surface area contributed by atoms with E-state index in [-0.39, 0.29) is 24.2 Å². The second kappa shape index (κ2) is 5.72. The van der Waals surface area contributed by atoms with Gasteiger partial charge in [0, 0.05) is 26.2 Å². The summed E-state index contributed by atoms with van der Waals surface area (Å²) in [5.41, 5.74) is 0.904. The molecule has 21 heavy (non-hydrogen) atoms. The highest BCUT2D eigenvalue weighted by Gasteiger charge is 2.34. The van der Waals surface area contributed by atoms with Gasteiger partial charge in [0.15, 0.2) is 5.69 Å². The van der Waals surface area contributed by atoms with Gasteiger partial charge in [0.25, 0.3) is 0 Å². The maximum Gasteiger partial charge on any atom is 0.433 e. The number of carbonyl (C=O) groups is 1. The third-order valence-electron chi connectivity index (χ3n) is 3.13. The first kappa shape index (κ1) is 15.3. The zero-order valence-electron chi connectivity index (χ0n) is 11.3. The number of nitrogens with zero attached hydrogens (tertiary/aromatic N) is 4. The second-order valence-electron chi connectivity index (χ2n) is 4.67. The van der Waals surface area contributed by atoms with Crippen LogP contribution in [0.15, 0.2) is 6.07 Å². The van der Waals surface area contributed by atoms with Gasteiger partial charge in [-0.15, -0.1) is 0 Å². The van der Waals surface area contributed by atoms with Crippen molar-refractivity contribution in [3.05, 3.63) is 11.8 Å². The van der Waals surface area contributed by atoms with Gasteiger partial charge in [0.1, 0.15) is 5.82 Å². The van der Waals surface area contributed by atoms with Gasteiger partial charge in [0.2, 0.25) is 11.9 Å². The number of carbonyl (C=O) groups excluding carboxylic acids is 1. The van der Waals surface area contributed by atoms with E-state index in [1.54, 1.807) is 7.05 Å². The van der Waals surface area contributed by atoms with Gasteiger partial charge in [-0.25, -0.2) is 10.8 Å². The Labute approximate surface area is 118 Å². The Hall–Kier alpha value is -2.10. The molecule has 0 atom stereocenters. The summed E-state index contributed by atoms with van der Waals surface area (Å²) in [6.07, 6.45) is -3.98. The third-order valence-corrected chi connectivity index (χ3v) is 3.13. The van der Waals surface area contributed by atoms with Crippen LogP contribution < -0.4 is 16.2 Å². The van der Waals surface area contributed by atoms with Crippen LogP contribution in [0, 0.1) is 0 Å². The molecule has 116 valence electrons. The Morgan fingerprint density at radius 2 is 2.05 bits per heavy atom. The van der Waals surface area contributed by atoms with E-state index in [0.717, 1.165) is 6.07 Å². The molecule has 1 aromatic rings. The van der Waals surface area contributed by atoms with Crippen molar-refractivity contribution in [3.63, 3.8) is 0 Å². The molecule has 0 unspecified atom stereocenters. The topological polar surface area (TPSA) is 87.4 Å². The Balaban J connectivity index is 2.36. The lowest BCUT2D eigenvalue weighted by Gasteiger charge is -2.22. The number of alkyl halides is 3. The predicted octanol–water partition coefficient (Wildman–Crippen LogP) is 0.449. The summed E-state index contributed by atoms with van der Waals surface area (Å²) >= 11 is 0. The third kappa shape index (κ3) is 3.51. The van der Waals surface area contributed by atoms with Gasteiger partial charge < -0.3 is 9.80 Å². The molecule has 1 amide bonds. The quantitative estimate of drug-likeness (QED) is 0.609. The van der Waals surface area contributed by atoms with Crippen molar-refractivity contribution in [1.82, 2.24) is 14.9 Å². The van der Waals surface area contributed by atoms with E-state index >= 15 is 0 Å². The summed E-state index contributed by atoms with van der Waals surface area (Å²) in [4.78, 5) is 22.0. The molecule has 0 saturated carbocycles. The number of hydrazine groups is 1. The van der Waals surface area contributed by atoms with E-state index in [1.807, 2.05) is 5.43 Å². The molecule has 3 N–H and O–H groups in total. The molecule has 2 rings (SSSR count). The molecule has 1 aliphatic heterocycles. The number of nitrogen functional groups attached to an aromatic ring is 1. The highest BCUT2D eigenvalue weighted by Crippen LogP contribution is 2.30. The van der Waals surface area contributed by atoms with Crippen LogP contribution in [0.2, 0.25) is 0 Å². The SMILES string of the molecule is CN1CCCN(c2cc(C(F)(F)F)nc(NN)n2)CC1=O. The monoisotopic (exact) mass is 304 g/mol. The zero-order valence-corrected chi connectivity index (χ0v) is 11.3. The molecule has 0 aromatic carbocycles. The van der Waals surface area contributed by atoms with Crippen molar-refractivity contribution in [2.75, 3.05) is 37.0 Å². The summed E-state index contributed by atoms with van der Waals surface area (Å²) in [5.74, 6) is 4.61. The average molecular weight is 304 g/mol. The van der Waals surface area contributed by atoms with Gasteiger partial charge in [-0.3, -0.25) is 10.2 Å². The molecule has 1 aliphatic rings. The molecule has 7 nitrogen and oxygen atoms in total. The molecule has 0 bridgehead atoms. The van der Waals surface area contributed by atoms with Crippen LogP contribution in [0.25, 0.3) is 0 Å². The molecule has 0 radical (unpaired) electrons. The van der Waals surface area contributed by atoms with Crippen LogP contribution in [0.3, 0.4) is 0 Å². The lowest BCUT2D eigenvalue weighted by molar-refractivity contribution is -0.141. The molecule has 1 fully saturated rings. The lowest BCUT2D eigenvalue weighted by Crippen LogP contribution is -2.35. The van der Waals surface area contributed by atoms with Crippen molar-refractivity contribution in [2.45, 2.75) is 12.6 Å². The van der Waals surface area contributed by atoms with Gasteiger partial charge >= 0.3 is 6.18 Å². The van der Waals surface area contributed by atoms with Crippen molar-refractivity contribution < 1.29 is 18.0 Å². The van der Waals surface area contributed by atoms with E-state index in [9.17, 15) is 18.0 Å². The smallest absolute Gasteiger partial charge is 0.347 e. The molecule has 0 spiro atoms. The van der Waals surface area contributed by atoms with Crippen LogP contribution in [-0.2, 0) is 11.0 Å². The van der Waals surface area contributed by atoms with E-state index < -0.39 is 11.9 Å². The average Bonchev–Trinajstić information content (AvgIpc) is 2.60. The fourth-order valence-corrected chi connectivity index (χ4v) is 1.99. The normalized spacial score (nSPS) is 16.9. The van der Waals surface area contributed by atoms with E-state index in [2.05, 4.69) is 9.97 Å². The minimum Gasteiger partial charge on any atom is -0.347 e. The second-order valence-corrected chi connectivity index (χ2v) is 4.67. The number of hydrogen-bond acceptors (Lipinski definition) is 6. The summed E-state index contributed by atoms with van der Waals surface area (Å²) in [6, 6.07) is 0.819. The number of hydrogen-bond donors (Lipinski definition) is 2. The first-order valence-electron chi connectivity index (χ1n) is 6.23. The maximum atomic E-state index is 12.8. The standard InChI is InChI=1S/C11H15F3N6O/c1-19-3-2-4-20(6-9(19)21)8-5-7(11(12,13)14)16-10(17-8)18-15/h5H,2-4,6,15H2,1H3,(H,16,17,18). The Kier molecular flexibility index (Phi) is 4.16. The molecular weight excluding hydrogens is 289 g/mol. The van der Waals surface area contributed by atoms with Crippen LogP contribution in [0.1, 0.15) is 12.1 Å². The molecule has 1 saturated heterocycles. The van der Waals surface area contributed by atoms with Crippen molar-refractivity contribution in [3.8, 4) is 0 Å². The molecular formula is C11H15F3N6O. The number of anilines is 2. The number of amides is 1. The summed E-state index contributed by atoms with van der Waals surface area (Å²) in [7, 11) is 1.65. The number of nitrogens with one attached hydrogen (secondary N) is 1. The number of rotatable bonds is 2. The summed E-state index contributed by atoms with van der Waals surface area (Å²) in [6.45, 7) is 0.942. The predicted molar refractivity (Wildman–Crippen MR) is 69.3 cm³/mol. The van der Waals surface area contributed by atoms with E-state index in [4.69, 9.17) is 5.84 Å². The van der Waals surface area contributed by atoms with Crippen molar-refractivity contribution in [1.29, 1.82) is 0 Å². The van der Waals surface area contributed by atoms with Gasteiger partial charge in [-0.1, -0.05) is 0 Å². The highest BCUT2D eigenvalue weighted by molar-refractivity contribution is 5.81. The maximum absolute atomic E-state index is 12.8. The van der Waals surface area contributed by atoms with Gasteiger partial charge in [-0.05, 0) is 6.42 Å². The van der Waals surface area contributed by atoms with Crippen LogP contribution in [0.4, 0.5) is 24.9 Å². The lowest BCUT2D eigenvalue weighted by atomic mass is 10.3. The molecule has 0 aliphatic carbocycles. The molecule has 2 heterocycles. The Morgan fingerprint density at radius 3 is 2.67 bits per heavy atom. The van der Waals surface area contributed by atoms with Gasteiger partial charge in [-0.2, -0.15) is 18.2 Å². The first-order chi connectivity index (χ1) is 9.81. The van der Waals surface area contributed by atoms with Crippen LogP contribution in [-0.4, -0.2) is 47.5 Å². The number of aromatic nitrogens is 2. The molecule has 10 heteroatoms. The Bertz CT molecular complexity index is 535. The minimum absolute atomic E-state index is 0.0222. The highest BCUT2D eigenvalue weighted by atomic mass is 19.4. The number of nitrogens with two attached hydrogens (primary N) is 1. The molecule has 1 aromatic heterocycles. The zero-order chi connectivity index (χ0) is 15.6. The number of likely N-dealkylation sites (N-methyl/N-ethyl adjacent to an activating group) is 1. The summed E-state index contributed by atoms with van der Waals surface area (Å²) < 4.78 is 38.5. The van der Waals surface area contributed by atoms with E-state index in [0.29, 0.717) is 19.5 Å². The van der Waals surface area contributed by atoms with Crippen LogP contribution >= 0.6 is 0 Å². The largest absolute Gasteiger partial charge is 0.433 e. The van der Waals surface area contributed by atoms with E-state index in [1.165, 1.54) is 9.80 Å². The fourth-order valence-electron chi connectivity index (χ4n) is 1.99. The first-order valence-corrected chi connectivity index (χ1v) is 6.23. The van der Waals surface area contributed by atoms with Gasteiger partial charge in [0.05, 0.1) is 6.54 Å².